The summed E-state index contributed by atoms with van der Waals surface area (Å²) >= 11 is 0. The highest BCUT2D eigenvalue weighted by atomic mass is 19.1. The Kier molecular flexibility index (Phi) is 4.93. The molecule has 0 saturated heterocycles. The first kappa shape index (κ1) is 15.0. The van der Waals surface area contributed by atoms with Crippen molar-refractivity contribution in [2.24, 2.45) is 0 Å². The molecule has 0 atom stereocenters. The molecular weight excluding hydrogens is 269 g/mol. The second-order valence-corrected chi connectivity index (χ2v) is 4.88. The molecule has 0 saturated carbocycles. The smallest absolute Gasteiger partial charge is 0.307 e. The van der Waals surface area contributed by atoms with E-state index < -0.39 is 5.97 Å². The van der Waals surface area contributed by atoms with Gasteiger partial charge in [0.15, 0.2) is 0 Å². The lowest BCUT2D eigenvalue weighted by atomic mass is 10.1. The van der Waals surface area contributed by atoms with Gasteiger partial charge in [0.2, 0.25) is 0 Å². The molecule has 0 radical (unpaired) electrons. The first-order valence-electron chi connectivity index (χ1n) is 6.88. The van der Waals surface area contributed by atoms with E-state index in [0.717, 1.165) is 23.4 Å². The van der Waals surface area contributed by atoms with Gasteiger partial charge in [0.1, 0.15) is 5.82 Å². The van der Waals surface area contributed by atoms with Gasteiger partial charge in [-0.2, -0.15) is 0 Å². The van der Waals surface area contributed by atoms with Crippen molar-refractivity contribution in [1.82, 2.24) is 0 Å². The fourth-order valence-electron chi connectivity index (χ4n) is 2.22. The summed E-state index contributed by atoms with van der Waals surface area (Å²) in [4.78, 5) is 12.7. The number of carboxylic acids is 1. The molecule has 2 rings (SSSR count). The number of anilines is 1. The largest absolute Gasteiger partial charge is 0.481 e. The molecule has 0 bridgehead atoms. The number of hydrogen-bond acceptors (Lipinski definition) is 2. The van der Waals surface area contributed by atoms with E-state index >= 15 is 0 Å². The Morgan fingerprint density at radius 2 is 1.81 bits per heavy atom. The van der Waals surface area contributed by atoms with Crippen LogP contribution in [0.25, 0.3) is 0 Å². The molecule has 0 fully saturated rings. The van der Waals surface area contributed by atoms with Crippen molar-refractivity contribution in [2.45, 2.75) is 19.9 Å². The number of carboxylic acid groups (broad SMARTS) is 1. The van der Waals surface area contributed by atoms with Crippen LogP contribution >= 0.6 is 0 Å². The lowest BCUT2D eigenvalue weighted by molar-refractivity contribution is -0.136. The Morgan fingerprint density at radius 3 is 2.38 bits per heavy atom. The zero-order chi connectivity index (χ0) is 15.2. The molecule has 21 heavy (non-hydrogen) atoms. The minimum atomic E-state index is -0.835. The van der Waals surface area contributed by atoms with E-state index in [0.29, 0.717) is 6.54 Å². The molecule has 110 valence electrons. The molecule has 0 spiro atoms. The molecule has 0 heterocycles. The molecule has 0 aliphatic heterocycles. The Labute approximate surface area is 123 Å². The van der Waals surface area contributed by atoms with Crippen LogP contribution < -0.4 is 4.90 Å². The summed E-state index contributed by atoms with van der Waals surface area (Å²) in [5.74, 6) is -1.08. The molecule has 2 aromatic rings. The van der Waals surface area contributed by atoms with Gasteiger partial charge in [-0.1, -0.05) is 30.3 Å². The lowest BCUT2D eigenvalue weighted by Crippen LogP contribution is -2.22. The van der Waals surface area contributed by atoms with Crippen LogP contribution in [-0.2, 0) is 17.8 Å². The van der Waals surface area contributed by atoms with Gasteiger partial charge in [0.25, 0.3) is 0 Å². The average Bonchev–Trinajstić information content (AvgIpc) is 2.46. The van der Waals surface area contributed by atoms with E-state index in [1.54, 1.807) is 6.07 Å². The maximum atomic E-state index is 13.3. The van der Waals surface area contributed by atoms with E-state index in [4.69, 9.17) is 5.11 Å². The predicted molar refractivity (Wildman–Crippen MR) is 80.9 cm³/mol. The minimum Gasteiger partial charge on any atom is -0.481 e. The Bertz CT molecular complexity index is 610. The Balaban J connectivity index is 2.10. The molecule has 0 aromatic heterocycles. The van der Waals surface area contributed by atoms with E-state index in [-0.39, 0.29) is 12.2 Å². The third kappa shape index (κ3) is 4.31. The second kappa shape index (κ2) is 6.88. The minimum absolute atomic E-state index is 0.0294. The summed E-state index contributed by atoms with van der Waals surface area (Å²) < 4.78 is 13.3. The average molecular weight is 287 g/mol. The van der Waals surface area contributed by atoms with Gasteiger partial charge in [0.05, 0.1) is 6.42 Å². The first-order valence-corrected chi connectivity index (χ1v) is 6.88. The molecule has 2 aromatic carbocycles. The highest BCUT2D eigenvalue weighted by molar-refractivity contribution is 5.70. The molecule has 0 unspecified atom stereocenters. The van der Waals surface area contributed by atoms with E-state index in [1.165, 1.54) is 12.1 Å². The maximum Gasteiger partial charge on any atom is 0.307 e. The molecule has 0 aliphatic rings. The summed E-state index contributed by atoms with van der Waals surface area (Å²) in [6.45, 7) is 3.44. The maximum absolute atomic E-state index is 13.3. The van der Waals surface area contributed by atoms with Crippen LogP contribution in [0.5, 0.6) is 0 Å². The van der Waals surface area contributed by atoms with Crippen LogP contribution in [0.2, 0.25) is 0 Å². The predicted octanol–water partition coefficient (Wildman–Crippen LogP) is 3.48. The quantitative estimate of drug-likeness (QED) is 0.884. The summed E-state index contributed by atoms with van der Waals surface area (Å²) in [6, 6.07) is 14.0. The van der Waals surface area contributed by atoms with E-state index in [2.05, 4.69) is 4.90 Å². The Hall–Kier alpha value is -2.36. The van der Waals surface area contributed by atoms with Gasteiger partial charge in [-0.25, -0.2) is 4.39 Å². The summed E-state index contributed by atoms with van der Waals surface area (Å²) in [5.41, 5.74) is 2.68. The number of benzene rings is 2. The summed E-state index contributed by atoms with van der Waals surface area (Å²) in [7, 11) is 0. The van der Waals surface area contributed by atoms with Crippen molar-refractivity contribution in [3.05, 3.63) is 65.5 Å². The fraction of sp³-hybridized carbons (Fsp3) is 0.235. The van der Waals surface area contributed by atoms with Crippen molar-refractivity contribution < 1.29 is 14.3 Å². The third-order valence-corrected chi connectivity index (χ3v) is 3.31. The number of halogens is 1. The van der Waals surface area contributed by atoms with Gasteiger partial charge < -0.3 is 10.0 Å². The molecule has 3 nitrogen and oxygen atoms in total. The molecule has 4 heteroatoms. The molecule has 0 aliphatic carbocycles. The van der Waals surface area contributed by atoms with Crippen molar-refractivity contribution in [2.75, 3.05) is 11.4 Å². The number of rotatable bonds is 6. The molecular formula is C17H18FNO2. The van der Waals surface area contributed by atoms with Crippen LogP contribution in [0, 0.1) is 5.82 Å². The summed E-state index contributed by atoms with van der Waals surface area (Å²) in [5, 5.41) is 8.75. The van der Waals surface area contributed by atoms with Gasteiger partial charge in [0, 0.05) is 18.8 Å². The van der Waals surface area contributed by atoms with Gasteiger partial charge in [-0.3, -0.25) is 4.79 Å². The lowest BCUT2D eigenvalue weighted by Gasteiger charge is -2.23. The van der Waals surface area contributed by atoms with Crippen molar-refractivity contribution in [1.29, 1.82) is 0 Å². The summed E-state index contributed by atoms with van der Waals surface area (Å²) in [6.07, 6.45) is 0.0294. The second-order valence-electron chi connectivity index (χ2n) is 4.88. The van der Waals surface area contributed by atoms with Gasteiger partial charge in [-0.15, -0.1) is 0 Å². The number of hydrogen-bond donors (Lipinski definition) is 1. The molecule has 0 amide bonds. The van der Waals surface area contributed by atoms with Crippen LogP contribution in [0.1, 0.15) is 18.1 Å². The zero-order valence-electron chi connectivity index (χ0n) is 11.9. The highest BCUT2D eigenvalue weighted by Crippen LogP contribution is 2.18. The van der Waals surface area contributed by atoms with E-state index in [1.807, 2.05) is 37.3 Å². The third-order valence-electron chi connectivity index (χ3n) is 3.31. The topological polar surface area (TPSA) is 40.5 Å². The normalized spacial score (nSPS) is 10.4. The van der Waals surface area contributed by atoms with Crippen LogP contribution in [-0.4, -0.2) is 17.6 Å². The SMILES string of the molecule is CCN(Cc1ccc(CC(=O)O)cc1)c1cccc(F)c1. The van der Waals surface area contributed by atoms with Crippen molar-refractivity contribution in [3.63, 3.8) is 0 Å². The fourth-order valence-corrected chi connectivity index (χ4v) is 2.22. The number of nitrogens with zero attached hydrogens (tertiary/aromatic N) is 1. The van der Waals surface area contributed by atoms with Crippen LogP contribution in [0.15, 0.2) is 48.5 Å². The Morgan fingerprint density at radius 1 is 1.14 bits per heavy atom. The highest BCUT2D eigenvalue weighted by Gasteiger charge is 2.07. The van der Waals surface area contributed by atoms with E-state index in [9.17, 15) is 9.18 Å². The number of carbonyl (C=O) groups is 1. The standard InChI is InChI=1S/C17H18FNO2/c1-2-19(16-5-3-4-15(18)11-16)12-14-8-6-13(7-9-14)10-17(20)21/h3-9,11H,2,10,12H2,1H3,(H,20,21). The molecule has 1 N–H and O–H groups in total. The first-order chi connectivity index (χ1) is 10.1. The van der Waals surface area contributed by atoms with Crippen LogP contribution in [0.3, 0.4) is 0 Å². The zero-order valence-corrected chi connectivity index (χ0v) is 11.9. The van der Waals surface area contributed by atoms with Crippen molar-refractivity contribution >= 4 is 11.7 Å². The monoisotopic (exact) mass is 287 g/mol. The van der Waals surface area contributed by atoms with Gasteiger partial charge in [-0.05, 0) is 36.2 Å². The van der Waals surface area contributed by atoms with Crippen molar-refractivity contribution in [3.8, 4) is 0 Å². The number of aliphatic carboxylic acids is 1. The van der Waals surface area contributed by atoms with Crippen LogP contribution in [0.4, 0.5) is 10.1 Å². The van der Waals surface area contributed by atoms with Gasteiger partial charge >= 0.3 is 5.97 Å².